The lowest BCUT2D eigenvalue weighted by atomic mass is 10.1. The third-order valence-corrected chi connectivity index (χ3v) is 4.16. The van der Waals surface area contributed by atoms with Crippen LogP contribution in [0.1, 0.15) is 18.5 Å². The van der Waals surface area contributed by atoms with Gasteiger partial charge in [0.05, 0.1) is 13.2 Å². The predicted molar refractivity (Wildman–Crippen MR) is 92.9 cm³/mol. The van der Waals surface area contributed by atoms with Crippen molar-refractivity contribution in [3.8, 4) is 17.2 Å². The van der Waals surface area contributed by atoms with Gasteiger partial charge in [-0.3, -0.25) is 0 Å². The Kier molecular flexibility index (Phi) is 3.61. The van der Waals surface area contributed by atoms with E-state index in [9.17, 15) is 0 Å². The van der Waals surface area contributed by atoms with Crippen LogP contribution in [-0.4, -0.2) is 18.9 Å². The van der Waals surface area contributed by atoms with Crippen LogP contribution in [0.15, 0.2) is 48.5 Å². The van der Waals surface area contributed by atoms with Crippen LogP contribution in [-0.2, 0) is 0 Å². The number of ether oxygens (including phenoxy) is 3. The van der Waals surface area contributed by atoms with Crippen LogP contribution in [0.4, 0.5) is 5.82 Å². The molecule has 0 bridgehead atoms. The molecule has 0 saturated heterocycles. The van der Waals surface area contributed by atoms with Crippen molar-refractivity contribution in [3.05, 3.63) is 54.1 Å². The molecule has 0 spiro atoms. The number of rotatable bonds is 4. The zero-order valence-corrected chi connectivity index (χ0v) is 13.6. The molecule has 2 heterocycles. The van der Waals surface area contributed by atoms with Crippen LogP contribution < -0.4 is 19.5 Å². The fraction of sp³-hybridized carbons (Fsp3) is 0.211. The highest BCUT2D eigenvalue weighted by molar-refractivity contribution is 5.85. The molecular weight excluding hydrogens is 304 g/mol. The Labute approximate surface area is 140 Å². The van der Waals surface area contributed by atoms with E-state index in [1.165, 1.54) is 0 Å². The van der Waals surface area contributed by atoms with Crippen molar-refractivity contribution in [1.82, 2.24) is 4.98 Å². The van der Waals surface area contributed by atoms with Crippen molar-refractivity contribution >= 4 is 16.7 Å². The zero-order valence-electron chi connectivity index (χ0n) is 13.6. The first kappa shape index (κ1) is 14.6. The molecule has 1 aromatic heterocycles. The minimum atomic E-state index is 0.0826. The lowest BCUT2D eigenvalue weighted by Crippen LogP contribution is -2.08. The van der Waals surface area contributed by atoms with E-state index in [4.69, 9.17) is 19.2 Å². The van der Waals surface area contributed by atoms with Crippen LogP contribution in [0.2, 0.25) is 0 Å². The minimum absolute atomic E-state index is 0.0826. The summed E-state index contributed by atoms with van der Waals surface area (Å²) in [7, 11) is 1.66. The summed E-state index contributed by atoms with van der Waals surface area (Å²) >= 11 is 0. The SMILES string of the molecule is COc1cccc2ccc(NC(C)c3ccc4c(c3)OCO4)nc12. The molecule has 0 saturated carbocycles. The fourth-order valence-corrected chi connectivity index (χ4v) is 2.85. The van der Waals surface area contributed by atoms with Gasteiger partial charge in [-0.1, -0.05) is 18.2 Å². The molecule has 0 aliphatic carbocycles. The molecule has 24 heavy (non-hydrogen) atoms. The standard InChI is InChI=1S/C19H18N2O3/c1-12(14-6-8-15-17(10-14)24-11-23-15)20-18-9-7-13-4-3-5-16(22-2)19(13)21-18/h3-10,12H,11H2,1-2H3,(H,20,21). The molecule has 0 amide bonds. The summed E-state index contributed by atoms with van der Waals surface area (Å²) in [6.07, 6.45) is 0. The van der Waals surface area contributed by atoms with E-state index in [2.05, 4.69) is 12.2 Å². The molecule has 1 N–H and O–H groups in total. The van der Waals surface area contributed by atoms with Crippen molar-refractivity contribution < 1.29 is 14.2 Å². The molecule has 2 aromatic carbocycles. The number of benzene rings is 2. The molecule has 3 aromatic rings. The fourth-order valence-electron chi connectivity index (χ4n) is 2.85. The van der Waals surface area contributed by atoms with E-state index in [0.29, 0.717) is 0 Å². The topological polar surface area (TPSA) is 52.6 Å². The molecule has 5 nitrogen and oxygen atoms in total. The normalized spacial score (nSPS) is 13.8. The Balaban J connectivity index is 1.61. The maximum Gasteiger partial charge on any atom is 0.231 e. The van der Waals surface area contributed by atoms with Gasteiger partial charge in [0.1, 0.15) is 17.1 Å². The summed E-state index contributed by atoms with van der Waals surface area (Å²) < 4.78 is 16.2. The van der Waals surface area contributed by atoms with Gasteiger partial charge >= 0.3 is 0 Å². The van der Waals surface area contributed by atoms with Crippen molar-refractivity contribution in [3.63, 3.8) is 0 Å². The summed E-state index contributed by atoms with van der Waals surface area (Å²) in [6.45, 7) is 2.37. The van der Waals surface area contributed by atoms with Gasteiger partial charge in [-0.2, -0.15) is 0 Å². The van der Waals surface area contributed by atoms with Crippen molar-refractivity contribution in [2.75, 3.05) is 19.2 Å². The number of nitrogens with zero attached hydrogens (tertiary/aromatic N) is 1. The molecule has 1 unspecified atom stereocenters. The third kappa shape index (κ3) is 2.58. The number of hydrogen-bond acceptors (Lipinski definition) is 5. The Bertz CT molecular complexity index is 895. The summed E-state index contributed by atoms with van der Waals surface area (Å²) in [5, 5.41) is 4.48. The van der Waals surface area contributed by atoms with Gasteiger partial charge in [-0.05, 0) is 42.8 Å². The van der Waals surface area contributed by atoms with Crippen LogP contribution in [0.25, 0.3) is 10.9 Å². The smallest absolute Gasteiger partial charge is 0.231 e. The van der Waals surface area contributed by atoms with Crippen molar-refractivity contribution in [2.24, 2.45) is 0 Å². The van der Waals surface area contributed by atoms with Gasteiger partial charge in [-0.25, -0.2) is 4.98 Å². The maximum absolute atomic E-state index is 5.45. The van der Waals surface area contributed by atoms with E-state index < -0.39 is 0 Å². The van der Waals surface area contributed by atoms with E-state index in [1.807, 2.05) is 48.5 Å². The second kappa shape index (κ2) is 5.92. The van der Waals surface area contributed by atoms with Gasteiger partial charge < -0.3 is 19.5 Å². The van der Waals surface area contributed by atoms with E-state index in [0.717, 1.165) is 39.5 Å². The molecule has 0 fully saturated rings. The summed E-state index contributed by atoms with van der Waals surface area (Å²) in [5.74, 6) is 3.15. The Morgan fingerprint density at radius 3 is 2.83 bits per heavy atom. The maximum atomic E-state index is 5.45. The summed E-state index contributed by atoms with van der Waals surface area (Å²) in [4.78, 5) is 4.69. The van der Waals surface area contributed by atoms with Crippen LogP contribution in [0.5, 0.6) is 17.2 Å². The number of nitrogens with one attached hydrogen (secondary N) is 1. The summed E-state index contributed by atoms with van der Waals surface area (Å²) in [5.41, 5.74) is 1.96. The van der Waals surface area contributed by atoms with Gasteiger partial charge in [-0.15, -0.1) is 0 Å². The molecule has 0 radical (unpaired) electrons. The van der Waals surface area contributed by atoms with Crippen LogP contribution >= 0.6 is 0 Å². The molecule has 5 heteroatoms. The molecule has 4 rings (SSSR count). The highest BCUT2D eigenvalue weighted by atomic mass is 16.7. The molecule has 1 aliphatic heterocycles. The number of methoxy groups -OCH3 is 1. The first-order chi connectivity index (χ1) is 11.7. The molecule has 1 aliphatic rings. The second-order valence-corrected chi connectivity index (χ2v) is 5.71. The van der Waals surface area contributed by atoms with Crippen molar-refractivity contribution in [2.45, 2.75) is 13.0 Å². The van der Waals surface area contributed by atoms with Crippen LogP contribution in [0.3, 0.4) is 0 Å². The van der Waals surface area contributed by atoms with E-state index in [-0.39, 0.29) is 12.8 Å². The van der Waals surface area contributed by atoms with E-state index in [1.54, 1.807) is 7.11 Å². The number of hydrogen-bond donors (Lipinski definition) is 1. The lowest BCUT2D eigenvalue weighted by Gasteiger charge is -2.16. The molecule has 1 atom stereocenters. The quantitative estimate of drug-likeness (QED) is 0.782. The highest BCUT2D eigenvalue weighted by Gasteiger charge is 2.16. The second-order valence-electron chi connectivity index (χ2n) is 5.71. The average molecular weight is 322 g/mol. The van der Waals surface area contributed by atoms with Gasteiger partial charge in [0, 0.05) is 5.39 Å². The third-order valence-electron chi connectivity index (χ3n) is 4.16. The highest BCUT2D eigenvalue weighted by Crippen LogP contribution is 2.35. The van der Waals surface area contributed by atoms with E-state index >= 15 is 0 Å². The average Bonchev–Trinajstić information content (AvgIpc) is 3.08. The Hall–Kier alpha value is -2.95. The summed E-state index contributed by atoms with van der Waals surface area (Å²) in [6, 6.07) is 16.0. The van der Waals surface area contributed by atoms with Crippen molar-refractivity contribution in [1.29, 1.82) is 0 Å². The monoisotopic (exact) mass is 322 g/mol. The molecular formula is C19H18N2O3. The zero-order chi connectivity index (χ0) is 16.5. The molecule has 122 valence electrons. The lowest BCUT2D eigenvalue weighted by molar-refractivity contribution is 0.174. The van der Waals surface area contributed by atoms with Gasteiger partial charge in [0.2, 0.25) is 6.79 Å². The number of pyridine rings is 1. The van der Waals surface area contributed by atoms with Gasteiger partial charge in [0.25, 0.3) is 0 Å². The van der Waals surface area contributed by atoms with Gasteiger partial charge in [0.15, 0.2) is 11.5 Å². The first-order valence-electron chi connectivity index (χ1n) is 7.84. The number of fused-ring (bicyclic) bond motifs is 2. The van der Waals surface area contributed by atoms with Crippen LogP contribution in [0, 0.1) is 0 Å². The Morgan fingerprint density at radius 1 is 1.08 bits per heavy atom. The largest absolute Gasteiger partial charge is 0.494 e. The minimum Gasteiger partial charge on any atom is -0.494 e. The predicted octanol–water partition coefficient (Wildman–Crippen LogP) is 4.15. The number of aromatic nitrogens is 1. The first-order valence-corrected chi connectivity index (χ1v) is 7.84. The number of para-hydroxylation sites is 1. The Morgan fingerprint density at radius 2 is 1.96 bits per heavy atom. The number of anilines is 1.